The van der Waals surface area contributed by atoms with Crippen LogP contribution in [-0.2, 0) is 14.3 Å². The number of aliphatic carboxylic acids is 1. The second kappa shape index (κ2) is 9.72. The fourth-order valence-corrected chi connectivity index (χ4v) is 3.78. The number of aliphatic hydroxyl groups is 1. The van der Waals surface area contributed by atoms with Crippen molar-refractivity contribution in [3.8, 4) is 11.1 Å². The maximum Gasteiger partial charge on any atom is 0.420 e. The summed E-state index contributed by atoms with van der Waals surface area (Å²) >= 11 is 0. The van der Waals surface area contributed by atoms with Crippen LogP contribution < -0.4 is 10.6 Å². The third-order valence-corrected chi connectivity index (χ3v) is 5.74. The Morgan fingerprint density at radius 2 is 1.56 bits per heavy atom. The number of amides is 2. The number of carboxylic acid groups (broad SMARTS) is 1. The van der Waals surface area contributed by atoms with E-state index < -0.39 is 54.7 Å². The Balaban J connectivity index is 1.75. The minimum atomic E-state index is -5.27. The van der Waals surface area contributed by atoms with Crippen LogP contribution in [0.2, 0.25) is 0 Å². The molecule has 2 aromatic carbocycles. The van der Waals surface area contributed by atoms with Crippen LogP contribution in [0.25, 0.3) is 11.1 Å². The van der Waals surface area contributed by atoms with Gasteiger partial charge in [0, 0.05) is 18.9 Å². The number of alkyl carbamates (subject to hydrolysis) is 1. The van der Waals surface area contributed by atoms with Crippen molar-refractivity contribution in [3.05, 3.63) is 59.7 Å². The second-order valence-corrected chi connectivity index (χ2v) is 7.95. The molecule has 8 nitrogen and oxygen atoms in total. The Bertz CT molecular complexity index is 1040. The molecule has 0 fully saturated rings. The maximum absolute atomic E-state index is 13.8. The number of hydrogen-bond acceptors (Lipinski definition) is 5. The quantitative estimate of drug-likeness (QED) is 0.461. The number of carbonyl (C=O) groups is 3. The van der Waals surface area contributed by atoms with Gasteiger partial charge in [0.25, 0.3) is 5.91 Å². The van der Waals surface area contributed by atoms with Crippen LogP contribution in [0.5, 0.6) is 0 Å². The van der Waals surface area contributed by atoms with Crippen molar-refractivity contribution >= 4 is 18.0 Å². The summed E-state index contributed by atoms with van der Waals surface area (Å²) in [5.74, 6) is -3.84. The van der Waals surface area contributed by atoms with Crippen molar-refractivity contribution in [2.75, 3.05) is 13.2 Å². The first-order valence-corrected chi connectivity index (χ1v) is 10.3. The minimum absolute atomic E-state index is 0.280. The van der Waals surface area contributed by atoms with E-state index in [2.05, 4.69) is 0 Å². The van der Waals surface area contributed by atoms with E-state index in [0.29, 0.717) is 6.92 Å². The molecule has 1 unspecified atom stereocenters. The highest BCUT2D eigenvalue weighted by atomic mass is 19.4. The van der Waals surface area contributed by atoms with Gasteiger partial charge >= 0.3 is 18.2 Å². The molecular formula is C23H23F3N2O6. The third kappa shape index (κ3) is 4.84. The normalized spacial score (nSPS) is 15.4. The fraction of sp³-hybridized carbons (Fsp3) is 0.348. The molecule has 11 heteroatoms. The number of carbonyl (C=O) groups excluding carboxylic acids is 2. The number of benzene rings is 2. The van der Waals surface area contributed by atoms with E-state index in [1.54, 1.807) is 17.4 Å². The molecule has 2 aromatic rings. The zero-order chi connectivity index (χ0) is 25.1. The summed E-state index contributed by atoms with van der Waals surface area (Å²) in [7, 11) is 0. The first kappa shape index (κ1) is 25.0. The van der Waals surface area contributed by atoms with Gasteiger partial charge in [-0.15, -0.1) is 0 Å². The molecule has 0 heterocycles. The molecule has 2 amide bonds. The van der Waals surface area contributed by atoms with Gasteiger partial charge in [-0.3, -0.25) is 10.1 Å². The predicted molar refractivity (Wildman–Crippen MR) is 114 cm³/mol. The molecule has 0 saturated carbocycles. The van der Waals surface area contributed by atoms with E-state index in [1.807, 2.05) is 36.4 Å². The number of alkyl halides is 3. The molecule has 2 atom stereocenters. The standard InChI is InChI=1S/C23H23F3N2O6/c1-22(23(24,25)26,20(32)27-18(10-11-29)19(30)31)28-21(33)34-12-17-15-8-4-2-6-13(15)14-7-3-5-9-16(14)17/h2-9,17-18,29H,10-12H2,1H3,(H,27,32)(H,28,33)(H,30,31)/t18-,22?/m1/s1. The van der Waals surface area contributed by atoms with Crippen LogP contribution in [-0.4, -0.2) is 59.2 Å². The Morgan fingerprint density at radius 1 is 1.03 bits per heavy atom. The van der Waals surface area contributed by atoms with Gasteiger partial charge in [-0.2, -0.15) is 13.2 Å². The van der Waals surface area contributed by atoms with Crippen LogP contribution >= 0.6 is 0 Å². The van der Waals surface area contributed by atoms with Crippen molar-refractivity contribution in [3.63, 3.8) is 0 Å². The number of fused-ring (bicyclic) bond motifs is 3. The summed E-state index contributed by atoms with van der Waals surface area (Å²) in [6.07, 6.45) is -7.28. The van der Waals surface area contributed by atoms with E-state index in [-0.39, 0.29) is 6.61 Å². The molecule has 1 aliphatic rings. The monoisotopic (exact) mass is 480 g/mol. The molecule has 182 valence electrons. The molecule has 0 bridgehead atoms. The number of aliphatic hydroxyl groups excluding tert-OH is 1. The Labute approximate surface area is 192 Å². The number of carboxylic acids is 1. The Kier molecular flexibility index (Phi) is 7.15. The third-order valence-electron chi connectivity index (χ3n) is 5.74. The molecule has 0 spiro atoms. The van der Waals surface area contributed by atoms with E-state index in [1.165, 1.54) is 5.32 Å². The zero-order valence-electron chi connectivity index (χ0n) is 18.1. The number of nitrogens with one attached hydrogen (secondary N) is 2. The van der Waals surface area contributed by atoms with Crippen LogP contribution in [0, 0.1) is 0 Å². The largest absolute Gasteiger partial charge is 0.480 e. The molecule has 34 heavy (non-hydrogen) atoms. The molecule has 0 saturated heterocycles. The summed E-state index contributed by atoms with van der Waals surface area (Å²) < 4.78 is 46.4. The second-order valence-electron chi connectivity index (χ2n) is 7.95. The van der Waals surface area contributed by atoms with E-state index in [9.17, 15) is 27.6 Å². The molecule has 0 aliphatic heterocycles. The maximum atomic E-state index is 13.8. The van der Waals surface area contributed by atoms with Crippen LogP contribution in [0.15, 0.2) is 48.5 Å². The van der Waals surface area contributed by atoms with Crippen molar-refractivity contribution in [1.82, 2.24) is 10.6 Å². The van der Waals surface area contributed by atoms with E-state index in [4.69, 9.17) is 14.9 Å². The number of hydrogen-bond donors (Lipinski definition) is 4. The Morgan fingerprint density at radius 3 is 2.03 bits per heavy atom. The summed E-state index contributed by atoms with van der Waals surface area (Å²) in [4.78, 5) is 35.9. The summed E-state index contributed by atoms with van der Waals surface area (Å²) in [5, 5.41) is 21.2. The lowest BCUT2D eigenvalue weighted by Gasteiger charge is -2.32. The summed E-state index contributed by atoms with van der Waals surface area (Å²) in [5.41, 5.74) is 0.0753. The topological polar surface area (TPSA) is 125 Å². The molecule has 1 aliphatic carbocycles. The summed E-state index contributed by atoms with van der Waals surface area (Å²) in [6, 6.07) is 13.0. The number of halogens is 3. The number of ether oxygens (including phenoxy) is 1. The van der Waals surface area contributed by atoms with Gasteiger partial charge in [-0.25, -0.2) is 9.59 Å². The average molecular weight is 480 g/mol. The van der Waals surface area contributed by atoms with Gasteiger partial charge in [-0.05, 0) is 29.2 Å². The van der Waals surface area contributed by atoms with E-state index >= 15 is 0 Å². The van der Waals surface area contributed by atoms with Crippen LogP contribution in [0.3, 0.4) is 0 Å². The zero-order valence-corrected chi connectivity index (χ0v) is 18.1. The van der Waals surface area contributed by atoms with Crippen molar-refractivity contribution < 1.29 is 42.5 Å². The Hall–Kier alpha value is -3.60. The minimum Gasteiger partial charge on any atom is -0.480 e. The number of rotatable bonds is 8. The SMILES string of the molecule is CC(NC(=O)OCC1c2ccccc2-c2ccccc21)(C(=O)N[C@H](CCO)C(=O)O)C(F)(F)F. The highest BCUT2D eigenvalue weighted by molar-refractivity contribution is 5.93. The van der Waals surface area contributed by atoms with Crippen molar-refractivity contribution in [2.24, 2.45) is 0 Å². The van der Waals surface area contributed by atoms with Gasteiger partial charge < -0.3 is 20.3 Å². The van der Waals surface area contributed by atoms with Gasteiger partial charge in [0.2, 0.25) is 5.54 Å². The van der Waals surface area contributed by atoms with E-state index in [0.717, 1.165) is 22.3 Å². The predicted octanol–water partition coefficient (Wildman–Crippen LogP) is 2.80. The lowest BCUT2D eigenvalue weighted by molar-refractivity contribution is -0.195. The molecule has 4 N–H and O–H groups in total. The molecule has 3 rings (SSSR count). The van der Waals surface area contributed by atoms with Crippen LogP contribution in [0.1, 0.15) is 30.4 Å². The van der Waals surface area contributed by atoms with Gasteiger partial charge in [0.05, 0.1) is 0 Å². The first-order valence-electron chi connectivity index (χ1n) is 10.3. The van der Waals surface area contributed by atoms with Crippen molar-refractivity contribution in [1.29, 1.82) is 0 Å². The van der Waals surface area contributed by atoms with Crippen LogP contribution in [0.4, 0.5) is 18.0 Å². The first-order chi connectivity index (χ1) is 16.0. The molecule has 0 radical (unpaired) electrons. The van der Waals surface area contributed by atoms with Gasteiger partial charge in [0.15, 0.2) is 0 Å². The molecule has 0 aromatic heterocycles. The highest BCUT2D eigenvalue weighted by Gasteiger charge is 2.58. The van der Waals surface area contributed by atoms with Gasteiger partial charge in [0.1, 0.15) is 12.6 Å². The average Bonchev–Trinajstić information content (AvgIpc) is 3.10. The fourth-order valence-electron chi connectivity index (χ4n) is 3.78. The lowest BCUT2D eigenvalue weighted by atomic mass is 9.98. The van der Waals surface area contributed by atoms with Crippen molar-refractivity contribution in [2.45, 2.75) is 37.0 Å². The van der Waals surface area contributed by atoms with Gasteiger partial charge in [-0.1, -0.05) is 48.5 Å². The highest BCUT2D eigenvalue weighted by Crippen LogP contribution is 2.44. The smallest absolute Gasteiger partial charge is 0.420 e. The summed E-state index contributed by atoms with van der Waals surface area (Å²) in [6.45, 7) is -0.556. The lowest BCUT2D eigenvalue weighted by Crippen LogP contribution is -2.66. The molecular weight excluding hydrogens is 457 g/mol.